The van der Waals surface area contributed by atoms with E-state index in [4.69, 9.17) is 10.5 Å². The number of carbonyl (C=O) groups is 1. The van der Waals surface area contributed by atoms with Crippen molar-refractivity contribution in [1.82, 2.24) is 0 Å². The Hall–Kier alpha value is -2.74. The van der Waals surface area contributed by atoms with E-state index >= 15 is 0 Å². The van der Waals surface area contributed by atoms with Crippen molar-refractivity contribution in [1.29, 1.82) is 0 Å². The van der Waals surface area contributed by atoms with Crippen molar-refractivity contribution in [2.45, 2.75) is 38.3 Å². The molecule has 1 aliphatic carbocycles. The number of hydrogen-bond donors (Lipinski definition) is 3. The summed E-state index contributed by atoms with van der Waals surface area (Å²) in [5.41, 5.74) is 5.51. The van der Waals surface area contributed by atoms with Crippen LogP contribution in [0.1, 0.15) is 37.7 Å². The molecule has 0 saturated heterocycles. The van der Waals surface area contributed by atoms with Gasteiger partial charge in [-0.25, -0.2) is 0 Å². The predicted molar refractivity (Wildman–Crippen MR) is 107 cm³/mol. The van der Waals surface area contributed by atoms with Gasteiger partial charge in [-0.2, -0.15) is 13.2 Å². The molecule has 5 nitrogen and oxygen atoms in total. The van der Waals surface area contributed by atoms with Gasteiger partial charge in [0, 0.05) is 0 Å². The summed E-state index contributed by atoms with van der Waals surface area (Å²) in [4.78, 5) is 10.6. The number of nitrogens with two attached hydrogens (primary N) is 1. The molecule has 1 aliphatic heterocycles. The van der Waals surface area contributed by atoms with Gasteiger partial charge in [0.15, 0.2) is 11.5 Å². The summed E-state index contributed by atoms with van der Waals surface area (Å²) in [6.45, 7) is 0.917. The molecule has 1 heterocycles. The number of amides is 1. The lowest BCUT2D eigenvalue weighted by molar-refractivity contribution is -0.137. The molecule has 1 fully saturated rings. The molecule has 1 amide bonds. The molecule has 2 aromatic rings. The van der Waals surface area contributed by atoms with Crippen LogP contribution in [0.2, 0.25) is 0 Å². The second kappa shape index (κ2) is 9.17. The lowest BCUT2D eigenvalue weighted by atomic mass is 9.90. The fourth-order valence-corrected chi connectivity index (χ4v) is 3.50. The van der Waals surface area contributed by atoms with Crippen LogP contribution in [-0.2, 0) is 11.0 Å². The van der Waals surface area contributed by atoms with Crippen LogP contribution in [0.5, 0.6) is 11.5 Å². The van der Waals surface area contributed by atoms with Crippen molar-refractivity contribution in [3.8, 4) is 11.5 Å². The number of hydrogen-bond acceptors (Lipinski definition) is 4. The lowest BCUT2D eigenvalue weighted by Crippen LogP contribution is -2.16. The Morgan fingerprint density at radius 2 is 1.86 bits per heavy atom. The Kier molecular flexibility index (Phi) is 6.64. The van der Waals surface area contributed by atoms with E-state index in [-0.39, 0.29) is 17.1 Å². The smallest absolute Gasteiger partial charge is 0.416 e. The van der Waals surface area contributed by atoms with Gasteiger partial charge in [-0.05, 0) is 49.6 Å². The minimum atomic E-state index is -4.53. The summed E-state index contributed by atoms with van der Waals surface area (Å²) in [6, 6.07) is 8.59. The van der Waals surface area contributed by atoms with E-state index in [2.05, 4.69) is 10.6 Å². The maximum absolute atomic E-state index is 12.9. The number of ether oxygens (including phenoxy) is 1. The van der Waals surface area contributed by atoms with Gasteiger partial charge in [-0.3, -0.25) is 4.79 Å². The molecule has 8 heteroatoms. The third-order valence-corrected chi connectivity index (χ3v) is 5.07. The lowest BCUT2D eigenvalue weighted by Gasteiger charge is -2.24. The minimum absolute atomic E-state index is 0.00401. The standard InChI is InChI=1S/C14H9F3N2O2.C7H15N/c15-14(16,17)8-5-10(18-7-20)13-12(6-8)21-11-4-2-1-3-9(11)19-13;8-6-7-4-2-1-3-5-7/h1-7,19H,(H,18,20);7H,1-6,8H2. The van der Waals surface area contributed by atoms with E-state index in [9.17, 15) is 18.0 Å². The monoisotopic (exact) mass is 407 g/mol. The van der Waals surface area contributed by atoms with Gasteiger partial charge < -0.3 is 21.1 Å². The van der Waals surface area contributed by atoms with Gasteiger partial charge in [0.1, 0.15) is 5.69 Å². The molecule has 1 saturated carbocycles. The zero-order chi connectivity index (χ0) is 20.9. The summed E-state index contributed by atoms with van der Waals surface area (Å²) >= 11 is 0. The van der Waals surface area contributed by atoms with Crippen LogP contribution in [0, 0.1) is 5.92 Å². The average Bonchev–Trinajstić information content (AvgIpc) is 2.73. The van der Waals surface area contributed by atoms with Crippen LogP contribution in [0.4, 0.5) is 30.2 Å². The molecule has 156 valence electrons. The van der Waals surface area contributed by atoms with Crippen molar-refractivity contribution in [2.24, 2.45) is 11.7 Å². The number of alkyl halides is 3. The first-order valence-electron chi connectivity index (χ1n) is 9.61. The summed E-state index contributed by atoms with van der Waals surface area (Å²) in [6.07, 6.45) is 2.83. The highest BCUT2D eigenvalue weighted by molar-refractivity contribution is 5.90. The van der Waals surface area contributed by atoms with Crippen molar-refractivity contribution < 1.29 is 22.7 Å². The quantitative estimate of drug-likeness (QED) is 0.491. The van der Waals surface area contributed by atoms with E-state index in [1.165, 1.54) is 32.1 Å². The number of carbonyl (C=O) groups excluding carboxylic acids is 1. The summed E-state index contributed by atoms with van der Waals surface area (Å²) in [7, 11) is 0. The van der Waals surface area contributed by atoms with Gasteiger partial charge >= 0.3 is 6.18 Å². The number of nitrogens with one attached hydrogen (secondary N) is 2. The van der Waals surface area contributed by atoms with Crippen LogP contribution in [0.25, 0.3) is 0 Å². The molecule has 0 spiro atoms. The molecule has 2 aromatic carbocycles. The van der Waals surface area contributed by atoms with Crippen LogP contribution < -0.4 is 21.1 Å². The second-order valence-electron chi connectivity index (χ2n) is 7.12. The molecule has 0 unspecified atom stereocenters. The number of anilines is 3. The number of halogens is 3. The van der Waals surface area contributed by atoms with E-state index in [0.29, 0.717) is 17.8 Å². The largest absolute Gasteiger partial charge is 0.453 e. The SMILES string of the molecule is NCC1CCCCC1.O=CNc1cc(C(F)(F)F)cc2c1Nc1ccccc1O2. The van der Waals surface area contributed by atoms with Crippen LogP contribution in [0.3, 0.4) is 0 Å². The molecule has 29 heavy (non-hydrogen) atoms. The molecular formula is C21H24F3N3O2. The maximum Gasteiger partial charge on any atom is 0.416 e. The Morgan fingerprint density at radius 3 is 2.48 bits per heavy atom. The molecule has 0 atom stereocenters. The fourth-order valence-electron chi connectivity index (χ4n) is 3.50. The Balaban J connectivity index is 0.000000252. The predicted octanol–water partition coefficient (Wildman–Crippen LogP) is 5.65. The zero-order valence-corrected chi connectivity index (χ0v) is 15.9. The number of fused-ring (bicyclic) bond motifs is 2. The number of para-hydroxylation sites is 2. The molecule has 0 bridgehead atoms. The van der Waals surface area contributed by atoms with Crippen LogP contribution in [-0.4, -0.2) is 13.0 Å². The summed E-state index contributed by atoms with van der Waals surface area (Å²) < 4.78 is 44.1. The van der Waals surface area contributed by atoms with E-state index in [1.807, 2.05) is 0 Å². The third-order valence-electron chi connectivity index (χ3n) is 5.07. The first kappa shape index (κ1) is 21.0. The normalized spacial score (nSPS) is 15.6. The Morgan fingerprint density at radius 1 is 1.14 bits per heavy atom. The van der Waals surface area contributed by atoms with Gasteiger partial charge in [-0.1, -0.05) is 31.4 Å². The van der Waals surface area contributed by atoms with Gasteiger partial charge in [0.05, 0.1) is 16.9 Å². The van der Waals surface area contributed by atoms with E-state index in [0.717, 1.165) is 24.6 Å². The molecule has 2 aliphatic rings. The molecule has 4 N–H and O–H groups in total. The molecule has 4 rings (SSSR count). The highest BCUT2D eigenvalue weighted by Gasteiger charge is 2.33. The van der Waals surface area contributed by atoms with E-state index < -0.39 is 11.7 Å². The molecular weight excluding hydrogens is 383 g/mol. The highest BCUT2D eigenvalue weighted by Crippen LogP contribution is 2.48. The minimum Gasteiger partial charge on any atom is -0.453 e. The first-order chi connectivity index (χ1) is 13.9. The fraction of sp³-hybridized carbons (Fsp3) is 0.381. The summed E-state index contributed by atoms with van der Waals surface area (Å²) in [5, 5.41) is 5.21. The zero-order valence-electron chi connectivity index (χ0n) is 15.9. The average molecular weight is 407 g/mol. The Bertz CT molecular complexity index is 850. The second-order valence-corrected chi connectivity index (χ2v) is 7.12. The number of benzene rings is 2. The van der Waals surface area contributed by atoms with Crippen molar-refractivity contribution in [2.75, 3.05) is 17.2 Å². The Labute approximate surface area is 167 Å². The van der Waals surface area contributed by atoms with Crippen molar-refractivity contribution in [3.05, 3.63) is 42.0 Å². The third kappa shape index (κ3) is 5.20. The van der Waals surface area contributed by atoms with Crippen LogP contribution >= 0.6 is 0 Å². The molecule has 0 radical (unpaired) electrons. The maximum atomic E-state index is 12.9. The topological polar surface area (TPSA) is 76.4 Å². The van der Waals surface area contributed by atoms with Gasteiger partial charge in [0.25, 0.3) is 0 Å². The van der Waals surface area contributed by atoms with E-state index in [1.54, 1.807) is 24.3 Å². The van der Waals surface area contributed by atoms with Crippen molar-refractivity contribution in [3.63, 3.8) is 0 Å². The van der Waals surface area contributed by atoms with Crippen LogP contribution in [0.15, 0.2) is 36.4 Å². The van der Waals surface area contributed by atoms with Crippen molar-refractivity contribution >= 4 is 23.5 Å². The highest BCUT2D eigenvalue weighted by atomic mass is 19.4. The molecule has 0 aromatic heterocycles. The number of rotatable bonds is 3. The summed E-state index contributed by atoms with van der Waals surface area (Å²) in [5.74, 6) is 1.29. The van der Waals surface area contributed by atoms with Gasteiger partial charge in [-0.15, -0.1) is 0 Å². The van der Waals surface area contributed by atoms with Gasteiger partial charge in [0.2, 0.25) is 6.41 Å². The first-order valence-corrected chi connectivity index (χ1v) is 9.61.